The first-order valence-corrected chi connectivity index (χ1v) is 8.24. The molecule has 0 fully saturated rings. The zero-order valence-corrected chi connectivity index (χ0v) is 13.1. The molecule has 4 rings (SSSR count). The molecule has 0 unspecified atom stereocenters. The smallest absolute Gasteiger partial charge is 0.274 e. The SMILES string of the molecule is O=C(c1ccccc1)N1N=C(c2ccco2)C[C@@H]1c1cccs1. The van der Waals surface area contributed by atoms with E-state index < -0.39 is 0 Å². The van der Waals surface area contributed by atoms with Crippen molar-refractivity contribution in [2.75, 3.05) is 0 Å². The summed E-state index contributed by atoms with van der Waals surface area (Å²) in [6, 6.07) is 16.9. The summed E-state index contributed by atoms with van der Waals surface area (Å²) in [7, 11) is 0. The number of thiophene rings is 1. The van der Waals surface area contributed by atoms with E-state index in [4.69, 9.17) is 4.42 Å². The Morgan fingerprint density at radius 1 is 1.13 bits per heavy atom. The maximum atomic E-state index is 12.9. The topological polar surface area (TPSA) is 45.8 Å². The molecular weight excluding hydrogens is 308 g/mol. The van der Waals surface area contributed by atoms with Crippen LogP contribution < -0.4 is 0 Å². The summed E-state index contributed by atoms with van der Waals surface area (Å²) < 4.78 is 5.45. The van der Waals surface area contributed by atoms with Gasteiger partial charge in [-0.2, -0.15) is 5.10 Å². The Balaban J connectivity index is 1.72. The van der Waals surface area contributed by atoms with E-state index in [9.17, 15) is 4.79 Å². The lowest BCUT2D eigenvalue weighted by atomic mass is 10.1. The van der Waals surface area contributed by atoms with Crippen LogP contribution in [-0.4, -0.2) is 16.6 Å². The third kappa shape index (κ3) is 2.59. The summed E-state index contributed by atoms with van der Waals surface area (Å²) in [6.45, 7) is 0. The normalized spacial score (nSPS) is 17.3. The van der Waals surface area contributed by atoms with Gasteiger partial charge in [-0.25, -0.2) is 5.01 Å². The minimum absolute atomic E-state index is 0.0807. The Morgan fingerprint density at radius 2 is 2.00 bits per heavy atom. The van der Waals surface area contributed by atoms with Crippen LogP contribution in [0.2, 0.25) is 0 Å². The van der Waals surface area contributed by atoms with Crippen LogP contribution >= 0.6 is 11.3 Å². The molecule has 114 valence electrons. The number of furan rings is 1. The molecule has 5 heteroatoms. The van der Waals surface area contributed by atoms with Crippen molar-refractivity contribution >= 4 is 23.0 Å². The number of hydrazone groups is 1. The van der Waals surface area contributed by atoms with E-state index in [0.29, 0.717) is 12.0 Å². The molecule has 0 saturated heterocycles. The van der Waals surface area contributed by atoms with Gasteiger partial charge in [-0.1, -0.05) is 24.3 Å². The van der Waals surface area contributed by atoms with Gasteiger partial charge in [0.15, 0.2) is 0 Å². The van der Waals surface area contributed by atoms with Gasteiger partial charge in [-0.15, -0.1) is 11.3 Å². The molecule has 3 aromatic rings. The molecule has 0 aliphatic carbocycles. The molecular formula is C18H14N2O2S. The number of hydrogen-bond donors (Lipinski definition) is 0. The van der Waals surface area contributed by atoms with Crippen LogP contribution in [-0.2, 0) is 0 Å². The van der Waals surface area contributed by atoms with Crippen molar-refractivity contribution in [3.8, 4) is 0 Å². The van der Waals surface area contributed by atoms with Gasteiger partial charge in [0.05, 0.1) is 12.3 Å². The first kappa shape index (κ1) is 14.0. The van der Waals surface area contributed by atoms with Crippen molar-refractivity contribution in [3.05, 3.63) is 82.4 Å². The summed E-state index contributed by atoms with van der Waals surface area (Å²) in [4.78, 5) is 14.0. The minimum Gasteiger partial charge on any atom is -0.463 e. The quantitative estimate of drug-likeness (QED) is 0.720. The summed E-state index contributed by atoms with van der Waals surface area (Å²) in [5, 5.41) is 8.16. The van der Waals surface area contributed by atoms with Crippen LogP contribution in [0.5, 0.6) is 0 Å². The highest BCUT2D eigenvalue weighted by Crippen LogP contribution is 2.36. The van der Waals surface area contributed by atoms with Crippen molar-refractivity contribution in [1.29, 1.82) is 0 Å². The van der Waals surface area contributed by atoms with Gasteiger partial charge in [0.2, 0.25) is 0 Å². The van der Waals surface area contributed by atoms with Gasteiger partial charge < -0.3 is 4.42 Å². The molecule has 1 aliphatic rings. The molecule has 1 aliphatic heterocycles. The van der Waals surface area contributed by atoms with Crippen molar-refractivity contribution in [2.45, 2.75) is 12.5 Å². The highest BCUT2D eigenvalue weighted by molar-refractivity contribution is 7.10. The highest BCUT2D eigenvalue weighted by Gasteiger charge is 2.35. The summed E-state index contributed by atoms with van der Waals surface area (Å²) in [5.74, 6) is 0.625. The van der Waals surface area contributed by atoms with Gasteiger partial charge in [0, 0.05) is 16.9 Å². The molecule has 1 atom stereocenters. The van der Waals surface area contributed by atoms with E-state index in [-0.39, 0.29) is 11.9 Å². The third-order valence-corrected chi connectivity index (χ3v) is 4.79. The van der Waals surface area contributed by atoms with Crippen molar-refractivity contribution in [1.82, 2.24) is 5.01 Å². The predicted molar refractivity (Wildman–Crippen MR) is 89.5 cm³/mol. The fourth-order valence-electron chi connectivity index (χ4n) is 2.70. The van der Waals surface area contributed by atoms with E-state index in [1.165, 1.54) is 0 Å². The summed E-state index contributed by atoms with van der Waals surface area (Å²) in [6.07, 6.45) is 2.28. The Bertz CT molecular complexity index is 823. The Labute approximate surface area is 137 Å². The third-order valence-electron chi connectivity index (χ3n) is 3.82. The fourth-order valence-corrected chi connectivity index (χ4v) is 3.52. The number of amides is 1. The number of hydrogen-bond acceptors (Lipinski definition) is 4. The molecule has 1 amide bonds. The van der Waals surface area contributed by atoms with E-state index in [0.717, 1.165) is 16.3 Å². The van der Waals surface area contributed by atoms with Gasteiger partial charge in [0.25, 0.3) is 5.91 Å². The second-order valence-electron chi connectivity index (χ2n) is 5.28. The van der Waals surface area contributed by atoms with Gasteiger partial charge in [0.1, 0.15) is 11.5 Å². The molecule has 4 nitrogen and oxygen atoms in total. The maximum absolute atomic E-state index is 12.9. The van der Waals surface area contributed by atoms with Gasteiger partial charge >= 0.3 is 0 Å². The van der Waals surface area contributed by atoms with Gasteiger partial charge in [-0.3, -0.25) is 4.79 Å². The minimum atomic E-state index is -0.0921. The van der Waals surface area contributed by atoms with E-state index in [1.54, 1.807) is 22.6 Å². The number of carbonyl (C=O) groups excluding carboxylic acids is 1. The van der Waals surface area contributed by atoms with Crippen LogP contribution in [0.1, 0.15) is 33.5 Å². The molecule has 1 aromatic carbocycles. The van der Waals surface area contributed by atoms with Crippen LogP contribution in [0, 0.1) is 0 Å². The second-order valence-corrected chi connectivity index (χ2v) is 6.25. The zero-order valence-electron chi connectivity index (χ0n) is 12.3. The number of nitrogens with zero attached hydrogens (tertiary/aromatic N) is 2. The molecule has 0 radical (unpaired) electrons. The average Bonchev–Trinajstić information content (AvgIpc) is 3.34. The molecule has 2 aromatic heterocycles. The van der Waals surface area contributed by atoms with Crippen LogP contribution in [0.4, 0.5) is 0 Å². The molecule has 0 bridgehead atoms. The number of benzene rings is 1. The largest absolute Gasteiger partial charge is 0.463 e. The second kappa shape index (κ2) is 5.85. The Hall–Kier alpha value is -2.66. The highest BCUT2D eigenvalue weighted by atomic mass is 32.1. The van der Waals surface area contributed by atoms with Crippen LogP contribution in [0.3, 0.4) is 0 Å². The lowest BCUT2D eigenvalue weighted by Crippen LogP contribution is -2.26. The summed E-state index contributed by atoms with van der Waals surface area (Å²) in [5.41, 5.74) is 1.44. The molecule has 0 saturated carbocycles. The van der Waals surface area contributed by atoms with Crippen LogP contribution in [0.15, 0.2) is 75.8 Å². The molecule has 0 N–H and O–H groups in total. The average molecular weight is 322 g/mol. The monoisotopic (exact) mass is 322 g/mol. The van der Waals surface area contributed by atoms with E-state index >= 15 is 0 Å². The van der Waals surface area contributed by atoms with Gasteiger partial charge in [-0.05, 0) is 35.7 Å². The first-order valence-electron chi connectivity index (χ1n) is 7.36. The number of carbonyl (C=O) groups is 1. The van der Waals surface area contributed by atoms with Crippen molar-refractivity contribution in [2.24, 2.45) is 5.10 Å². The lowest BCUT2D eigenvalue weighted by Gasteiger charge is -2.20. The fraction of sp³-hybridized carbons (Fsp3) is 0.111. The molecule has 3 heterocycles. The van der Waals surface area contributed by atoms with Crippen LogP contribution in [0.25, 0.3) is 0 Å². The van der Waals surface area contributed by atoms with E-state index in [1.807, 2.05) is 60.0 Å². The van der Waals surface area contributed by atoms with Crippen molar-refractivity contribution < 1.29 is 9.21 Å². The molecule has 23 heavy (non-hydrogen) atoms. The summed E-state index contributed by atoms with van der Waals surface area (Å²) >= 11 is 1.64. The Morgan fingerprint density at radius 3 is 2.70 bits per heavy atom. The first-order chi connectivity index (χ1) is 11.3. The predicted octanol–water partition coefficient (Wildman–Crippen LogP) is 4.33. The molecule has 0 spiro atoms. The van der Waals surface area contributed by atoms with E-state index in [2.05, 4.69) is 5.10 Å². The maximum Gasteiger partial charge on any atom is 0.274 e. The number of rotatable bonds is 3. The zero-order chi connectivity index (χ0) is 15.6. The lowest BCUT2D eigenvalue weighted by molar-refractivity contribution is 0.0714. The standard InChI is InChI=1S/C18H14N2O2S/c21-18(13-6-2-1-3-7-13)20-15(17-9-5-11-23-17)12-14(19-20)16-8-4-10-22-16/h1-11,15H,12H2/t15-/m1/s1. The Kier molecular flexibility index (Phi) is 3.55. The van der Waals surface area contributed by atoms with Crippen molar-refractivity contribution in [3.63, 3.8) is 0 Å².